The zero-order valence-electron chi connectivity index (χ0n) is 11.9. The van der Waals surface area contributed by atoms with E-state index in [1.54, 1.807) is 12.1 Å². The molecule has 2 aromatic rings. The maximum absolute atomic E-state index is 11.2. The number of aromatic nitrogens is 1. The maximum atomic E-state index is 11.2. The minimum atomic E-state index is -1.10. The molecule has 1 amide bonds. The Morgan fingerprint density at radius 3 is 2.62 bits per heavy atom. The number of nitrogens with one attached hydrogen (secondary N) is 1. The molecule has 1 heterocycles. The predicted molar refractivity (Wildman–Crippen MR) is 80.2 cm³/mol. The van der Waals surface area contributed by atoms with Crippen LogP contribution < -0.4 is 11.1 Å². The number of rotatable bonds is 5. The smallest absolute Gasteiger partial charge is 0.354 e. The standard InChI is InChI=1S/C15H17N3O3/c1-15(2,8-13(16)19)18-11-7-12(14(20)21)17-10-6-4-3-5-9(10)11/h3-7H,8H2,1-2H3,(H2,16,19)(H,17,18)(H,20,21). The first-order chi connectivity index (χ1) is 9.78. The summed E-state index contributed by atoms with van der Waals surface area (Å²) in [6, 6.07) is 8.69. The van der Waals surface area contributed by atoms with Gasteiger partial charge in [-0.25, -0.2) is 9.78 Å². The number of hydrogen-bond acceptors (Lipinski definition) is 4. The van der Waals surface area contributed by atoms with E-state index in [1.165, 1.54) is 6.07 Å². The van der Waals surface area contributed by atoms with Crippen LogP contribution >= 0.6 is 0 Å². The molecule has 4 N–H and O–H groups in total. The molecule has 0 fully saturated rings. The lowest BCUT2D eigenvalue weighted by Gasteiger charge is -2.27. The highest BCUT2D eigenvalue weighted by Gasteiger charge is 2.22. The quantitative estimate of drug-likeness (QED) is 0.780. The maximum Gasteiger partial charge on any atom is 0.354 e. The van der Waals surface area contributed by atoms with Crippen LogP contribution in [0.5, 0.6) is 0 Å². The SMILES string of the molecule is CC(C)(CC(N)=O)Nc1cc(C(=O)O)nc2ccccc12. The molecule has 1 aromatic carbocycles. The molecule has 0 spiro atoms. The molecular formula is C15H17N3O3. The summed E-state index contributed by atoms with van der Waals surface area (Å²) < 4.78 is 0. The van der Waals surface area contributed by atoms with E-state index < -0.39 is 17.4 Å². The number of para-hydroxylation sites is 1. The van der Waals surface area contributed by atoms with Gasteiger partial charge >= 0.3 is 5.97 Å². The summed E-state index contributed by atoms with van der Waals surface area (Å²) >= 11 is 0. The minimum Gasteiger partial charge on any atom is -0.477 e. The van der Waals surface area contributed by atoms with Crippen molar-refractivity contribution < 1.29 is 14.7 Å². The van der Waals surface area contributed by atoms with E-state index >= 15 is 0 Å². The molecule has 6 heteroatoms. The summed E-state index contributed by atoms with van der Waals surface area (Å²) in [7, 11) is 0. The molecule has 0 aliphatic heterocycles. The van der Waals surface area contributed by atoms with E-state index in [0.717, 1.165) is 5.39 Å². The van der Waals surface area contributed by atoms with E-state index in [2.05, 4.69) is 10.3 Å². The number of carboxylic acids is 1. The lowest BCUT2D eigenvalue weighted by molar-refractivity contribution is -0.118. The zero-order chi connectivity index (χ0) is 15.6. The van der Waals surface area contributed by atoms with Gasteiger partial charge in [-0.1, -0.05) is 18.2 Å². The third-order valence-electron chi connectivity index (χ3n) is 3.02. The molecule has 1 aromatic heterocycles. The number of primary amides is 1. The van der Waals surface area contributed by atoms with Gasteiger partial charge in [-0.05, 0) is 26.0 Å². The van der Waals surface area contributed by atoms with Gasteiger partial charge in [-0.2, -0.15) is 0 Å². The van der Waals surface area contributed by atoms with Gasteiger partial charge in [0.1, 0.15) is 0 Å². The molecule has 2 rings (SSSR count). The van der Waals surface area contributed by atoms with E-state index in [-0.39, 0.29) is 12.1 Å². The molecule has 0 saturated carbocycles. The molecule has 0 unspecified atom stereocenters. The number of benzene rings is 1. The number of hydrogen-bond donors (Lipinski definition) is 3. The number of nitrogens with two attached hydrogens (primary N) is 1. The molecule has 0 aliphatic carbocycles. The number of amides is 1. The normalized spacial score (nSPS) is 11.3. The highest BCUT2D eigenvalue weighted by Crippen LogP contribution is 2.27. The lowest BCUT2D eigenvalue weighted by Crippen LogP contribution is -2.36. The van der Waals surface area contributed by atoms with Crippen LogP contribution in [0.25, 0.3) is 10.9 Å². The minimum absolute atomic E-state index is 0.0499. The summed E-state index contributed by atoms with van der Waals surface area (Å²) in [5, 5.41) is 13.1. The van der Waals surface area contributed by atoms with Gasteiger partial charge in [-0.3, -0.25) is 4.79 Å². The second kappa shape index (κ2) is 5.40. The van der Waals surface area contributed by atoms with Gasteiger partial charge in [0.05, 0.1) is 5.52 Å². The van der Waals surface area contributed by atoms with E-state index in [1.807, 2.05) is 26.0 Å². The molecule has 0 bridgehead atoms. The molecule has 0 aliphatic rings. The van der Waals surface area contributed by atoms with Gasteiger partial charge in [0.15, 0.2) is 5.69 Å². The Morgan fingerprint density at radius 2 is 2.00 bits per heavy atom. The van der Waals surface area contributed by atoms with Gasteiger partial charge in [0.2, 0.25) is 5.91 Å². The molecule has 6 nitrogen and oxygen atoms in total. The first-order valence-corrected chi connectivity index (χ1v) is 6.48. The van der Waals surface area contributed by atoms with Crippen molar-refractivity contribution >= 4 is 28.5 Å². The number of pyridine rings is 1. The summed E-state index contributed by atoms with van der Waals surface area (Å²) in [5.74, 6) is -1.53. The largest absolute Gasteiger partial charge is 0.477 e. The van der Waals surface area contributed by atoms with Crippen molar-refractivity contribution in [2.75, 3.05) is 5.32 Å². The van der Waals surface area contributed by atoms with Crippen molar-refractivity contribution in [3.05, 3.63) is 36.0 Å². The van der Waals surface area contributed by atoms with Crippen LogP contribution in [0.15, 0.2) is 30.3 Å². The number of carbonyl (C=O) groups is 2. The van der Waals surface area contributed by atoms with Gasteiger partial charge in [0.25, 0.3) is 0 Å². The average Bonchev–Trinajstić information content (AvgIpc) is 2.36. The number of carboxylic acid groups (broad SMARTS) is 1. The van der Waals surface area contributed by atoms with Crippen LogP contribution in [0.4, 0.5) is 5.69 Å². The molecule has 0 saturated heterocycles. The molecule has 0 radical (unpaired) electrons. The summed E-state index contributed by atoms with van der Waals surface area (Å²) in [5.41, 5.74) is 5.79. The van der Waals surface area contributed by atoms with Crippen molar-refractivity contribution in [1.29, 1.82) is 0 Å². The van der Waals surface area contributed by atoms with Crippen molar-refractivity contribution in [2.24, 2.45) is 5.73 Å². The number of anilines is 1. The van der Waals surface area contributed by atoms with Crippen molar-refractivity contribution in [3.63, 3.8) is 0 Å². The Bertz CT molecular complexity index is 710. The van der Waals surface area contributed by atoms with Crippen molar-refractivity contribution in [2.45, 2.75) is 25.8 Å². The van der Waals surface area contributed by atoms with Gasteiger partial charge in [-0.15, -0.1) is 0 Å². The number of carbonyl (C=O) groups excluding carboxylic acids is 1. The van der Waals surface area contributed by atoms with Gasteiger partial charge in [0, 0.05) is 23.0 Å². The number of fused-ring (bicyclic) bond motifs is 1. The fourth-order valence-corrected chi connectivity index (χ4v) is 2.23. The second-order valence-electron chi connectivity index (χ2n) is 5.53. The summed E-state index contributed by atoms with van der Waals surface area (Å²) in [6.45, 7) is 3.65. The van der Waals surface area contributed by atoms with Crippen molar-refractivity contribution in [3.8, 4) is 0 Å². The second-order valence-corrected chi connectivity index (χ2v) is 5.53. The van der Waals surface area contributed by atoms with Crippen LogP contribution in [0.2, 0.25) is 0 Å². The third-order valence-corrected chi connectivity index (χ3v) is 3.02. The van der Waals surface area contributed by atoms with Crippen LogP contribution in [0.3, 0.4) is 0 Å². The average molecular weight is 287 g/mol. The molecule has 21 heavy (non-hydrogen) atoms. The Kier molecular flexibility index (Phi) is 3.80. The fraction of sp³-hybridized carbons (Fsp3) is 0.267. The Hall–Kier alpha value is -2.63. The topological polar surface area (TPSA) is 105 Å². The van der Waals surface area contributed by atoms with E-state index in [4.69, 9.17) is 10.8 Å². The number of aromatic carboxylic acids is 1. The van der Waals surface area contributed by atoms with Crippen LogP contribution in [-0.2, 0) is 4.79 Å². The molecule has 0 atom stereocenters. The Morgan fingerprint density at radius 1 is 1.33 bits per heavy atom. The predicted octanol–water partition coefficient (Wildman–Crippen LogP) is 2.00. The first kappa shape index (κ1) is 14.8. The molecule has 110 valence electrons. The Balaban J connectivity index is 2.51. The Labute approximate surface area is 122 Å². The fourth-order valence-electron chi connectivity index (χ4n) is 2.23. The van der Waals surface area contributed by atoms with E-state index in [9.17, 15) is 9.59 Å². The van der Waals surface area contributed by atoms with Crippen molar-refractivity contribution in [1.82, 2.24) is 4.98 Å². The van der Waals surface area contributed by atoms with Crippen LogP contribution in [0, 0.1) is 0 Å². The monoisotopic (exact) mass is 287 g/mol. The van der Waals surface area contributed by atoms with Crippen LogP contribution in [-0.4, -0.2) is 27.5 Å². The van der Waals surface area contributed by atoms with Crippen LogP contribution in [0.1, 0.15) is 30.8 Å². The lowest BCUT2D eigenvalue weighted by atomic mass is 9.99. The van der Waals surface area contributed by atoms with E-state index in [0.29, 0.717) is 11.2 Å². The first-order valence-electron chi connectivity index (χ1n) is 6.48. The summed E-state index contributed by atoms with van der Waals surface area (Å²) in [6.07, 6.45) is 0.131. The van der Waals surface area contributed by atoms with Gasteiger partial charge < -0.3 is 16.2 Å². The molecular weight excluding hydrogens is 270 g/mol. The third kappa shape index (κ3) is 3.47. The summed E-state index contributed by atoms with van der Waals surface area (Å²) in [4.78, 5) is 26.4. The zero-order valence-corrected chi connectivity index (χ0v) is 11.9. The highest BCUT2D eigenvalue weighted by molar-refractivity contribution is 5.97. The number of nitrogens with zero attached hydrogens (tertiary/aromatic N) is 1. The highest BCUT2D eigenvalue weighted by atomic mass is 16.4.